The van der Waals surface area contributed by atoms with Gasteiger partial charge in [-0.1, -0.05) is 20.3 Å². The smallest absolute Gasteiger partial charge is 0 e. The van der Waals surface area contributed by atoms with Crippen LogP contribution in [0, 0.1) is 12.0 Å². The molecule has 0 saturated heterocycles. The van der Waals surface area contributed by atoms with E-state index in [1.807, 2.05) is 0 Å². The molecular weight excluding hydrogens is 270 g/mol. The van der Waals surface area contributed by atoms with Gasteiger partial charge in [-0.05, 0) is 5.92 Å². The van der Waals surface area contributed by atoms with E-state index in [2.05, 4.69) is 32.1 Å². The predicted molar refractivity (Wildman–Crippen MR) is 54.5 cm³/mol. The minimum absolute atomic E-state index is 0. The van der Waals surface area contributed by atoms with Crippen LogP contribution in [0.5, 0.6) is 0 Å². The molecule has 0 aliphatic heterocycles. The molecule has 0 amide bonds. The van der Waals surface area contributed by atoms with Crippen LogP contribution in [-0.4, -0.2) is 0 Å². The predicted octanol–water partition coefficient (Wildman–Crippen LogP) is 3.56. The van der Waals surface area contributed by atoms with E-state index in [4.69, 9.17) is 0 Å². The van der Waals surface area contributed by atoms with Gasteiger partial charge in [0.1, 0.15) is 0 Å². The van der Waals surface area contributed by atoms with Crippen molar-refractivity contribution in [3.05, 3.63) is 23.8 Å². The first kappa shape index (κ1) is 18.7. The molecule has 1 aliphatic rings. The first-order valence-corrected chi connectivity index (χ1v) is 3.55. The van der Waals surface area contributed by atoms with Crippen LogP contribution in [0.4, 0.5) is 0 Å². The molecule has 0 aromatic carbocycles. The van der Waals surface area contributed by atoms with E-state index in [1.54, 1.807) is 0 Å². The summed E-state index contributed by atoms with van der Waals surface area (Å²) in [7, 11) is 0. The molecule has 12 heavy (non-hydrogen) atoms. The molecule has 0 N–H and O–H groups in total. The van der Waals surface area contributed by atoms with Crippen molar-refractivity contribution in [2.45, 2.75) is 26.7 Å². The van der Waals surface area contributed by atoms with Crippen molar-refractivity contribution < 1.29 is 26.2 Å². The number of hydrogen-bond donors (Lipinski definition) is 0. The Morgan fingerprint density at radius 1 is 1.42 bits per heavy atom. The van der Waals surface area contributed by atoms with Crippen molar-refractivity contribution in [2.24, 2.45) is 5.92 Å². The van der Waals surface area contributed by atoms with E-state index in [0.29, 0.717) is 0 Å². The SMILES string of the molecule is CC(C)CC1=[C-]CC=C1.Cl.Cl.[Zr]. The van der Waals surface area contributed by atoms with Crippen molar-refractivity contribution in [3.63, 3.8) is 0 Å². The van der Waals surface area contributed by atoms with Crippen LogP contribution in [-0.2, 0) is 26.2 Å². The molecule has 0 aromatic heterocycles. The van der Waals surface area contributed by atoms with E-state index < -0.39 is 0 Å². The fraction of sp³-hybridized carbons (Fsp3) is 0.556. The minimum atomic E-state index is 0. The monoisotopic (exact) mass is 283 g/mol. The standard InChI is InChI=1S/C9H13.2ClH.Zr/c1-8(2)7-9-5-3-4-6-9;;;/h3,5,8H,4,7H2,1-2H3;2*1H;/q-1;;;. The average Bonchev–Trinajstić information content (AvgIpc) is 2.15. The zero-order chi connectivity index (χ0) is 6.69. The molecule has 0 nitrogen and oxygen atoms in total. The summed E-state index contributed by atoms with van der Waals surface area (Å²) in [6, 6.07) is 0. The second-order valence-electron chi connectivity index (χ2n) is 2.91. The number of rotatable bonds is 2. The molecule has 0 radical (unpaired) electrons. The molecule has 1 aliphatic carbocycles. The van der Waals surface area contributed by atoms with Gasteiger partial charge >= 0.3 is 0 Å². The fourth-order valence-corrected chi connectivity index (χ4v) is 1.03. The summed E-state index contributed by atoms with van der Waals surface area (Å²) in [6.07, 6.45) is 9.86. The molecule has 3 heteroatoms. The Bertz CT molecular complexity index is 151. The Balaban J connectivity index is -0.000000270. The molecule has 1 rings (SSSR count). The van der Waals surface area contributed by atoms with Crippen LogP contribution in [0.3, 0.4) is 0 Å². The van der Waals surface area contributed by atoms with Gasteiger partial charge in [-0.15, -0.1) is 31.2 Å². The summed E-state index contributed by atoms with van der Waals surface area (Å²) < 4.78 is 0. The third-order valence-electron chi connectivity index (χ3n) is 1.39. The van der Waals surface area contributed by atoms with Crippen molar-refractivity contribution >= 4 is 24.8 Å². The molecule has 0 fully saturated rings. The second-order valence-corrected chi connectivity index (χ2v) is 2.91. The molecule has 0 bridgehead atoms. The van der Waals surface area contributed by atoms with E-state index >= 15 is 0 Å². The second kappa shape index (κ2) is 10.0. The molecule has 0 unspecified atom stereocenters. The van der Waals surface area contributed by atoms with Gasteiger partial charge in [0, 0.05) is 26.2 Å². The Kier molecular flexibility index (Phi) is 15.6. The van der Waals surface area contributed by atoms with Crippen molar-refractivity contribution in [1.29, 1.82) is 0 Å². The summed E-state index contributed by atoms with van der Waals surface area (Å²) in [5, 5.41) is 0. The Morgan fingerprint density at radius 3 is 2.33 bits per heavy atom. The number of allylic oxidation sites excluding steroid dienone is 4. The first-order valence-electron chi connectivity index (χ1n) is 3.55. The van der Waals surface area contributed by atoms with E-state index in [1.165, 1.54) is 12.0 Å². The van der Waals surface area contributed by atoms with Crippen LogP contribution >= 0.6 is 24.8 Å². The molecule has 0 atom stereocenters. The maximum atomic E-state index is 3.29. The summed E-state index contributed by atoms with van der Waals surface area (Å²) in [5.74, 6) is 0.773. The average molecular weight is 285 g/mol. The van der Waals surface area contributed by atoms with Gasteiger partial charge in [0.15, 0.2) is 0 Å². The van der Waals surface area contributed by atoms with Crippen LogP contribution in [0.1, 0.15) is 26.7 Å². The molecule has 0 heterocycles. The van der Waals surface area contributed by atoms with Gasteiger partial charge < -0.3 is 0 Å². The molecule has 70 valence electrons. The molecular formula is C9H15Cl2Zr-. The fourth-order valence-electron chi connectivity index (χ4n) is 1.03. The zero-order valence-electron chi connectivity index (χ0n) is 7.46. The Labute approximate surface area is 107 Å². The molecule has 0 aromatic rings. The van der Waals surface area contributed by atoms with Gasteiger partial charge in [-0.3, -0.25) is 6.08 Å². The van der Waals surface area contributed by atoms with Crippen molar-refractivity contribution in [3.8, 4) is 0 Å². The van der Waals surface area contributed by atoms with E-state index in [0.717, 1.165) is 12.3 Å². The third-order valence-corrected chi connectivity index (χ3v) is 1.39. The largest absolute Gasteiger partial charge is 0.269 e. The topological polar surface area (TPSA) is 0 Å². The van der Waals surface area contributed by atoms with E-state index in [-0.39, 0.29) is 51.0 Å². The van der Waals surface area contributed by atoms with Gasteiger partial charge in [-0.2, -0.15) is 6.08 Å². The number of hydrogen-bond acceptors (Lipinski definition) is 0. The normalized spacial score (nSPS) is 12.8. The van der Waals surface area contributed by atoms with Crippen LogP contribution in [0.15, 0.2) is 17.7 Å². The van der Waals surface area contributed by atoms with Crippen LogP contribution < -0.4 is 0 Å². The first-order chi connectivity index (χ1) is 4.29. The summed E-state index contributed by atoms with van der Waals surface area (Å²) in [4.78, 5) is 0. The summed E-state index contributed by atoms with van der Waals surface area (Å²) in [6.45, 7) is 4.47. The summed E-state index contributed by atoms with van der Waals surface area (Å²) >= 11 is 0. The van der Waals surface area contributed by atoms with Crippen LogP contribution in [0.2, 0.25) is 0 Å². The van der Waals surface area contributed by atoms with Gasteiger partial charge in [0.05, 0.1) is 0 Å². The quantitative estimate of drug-likeness (QED) is 0.681. The van der Waals surface area contributed by atoms with Crippen LogP contribution in [0.25, 0.3) is 0 Å². The Morgan fingerprint density at radius 2 is 2.00 bits per heavy atom. The van der Waals surface area contributed by atoms with Crippen molar-refractivity contribution in [2.75, 3.05) is 0 Å². The zero-order valence-corrected chi connectivity index (χ0v) is 11.6. The summed E-state index contributed by atoms with van der Waals surface area (Å²) in [5.41, 5.74) is 1.39. The van der Waals surface area contributed by atoms with Gasteiger partial charge in [0.25, 0.3) is 0 Å². The maximum absolute atomic E-state index is 3.29. The van der Waals surface area contributed by atoms with Crippen molar-refractivity contribution in [1.82, 2.24) is 0 Å². The number of halogens is 2. The van der Waals surface area contributed by atoms with Gasteiger partial charge in [-0.25, -0.2) is 11.6 Å². The molecule has 0 spiro atoms. The maximum Gasteiger partial charge on any atom is 0 e. The van der Waals surface area contributed by atoms with E-state index in [9.17, 15) is 0 Å². The third kappa shape index (κ3) is 7.58. The Hall–Kier alpha value is 0.943. The minimum Gasteiger partial charge on any atom is -0.269 e. The molecule has 0 saturated carbocycles. The van der Waals surface area contributed by atoms with Gasteiger partial charge in [0.2, 0.25) is 0 Å².